The summed E-state index contributed by atoms with van der Waals surface area (Å²) in [7, 11) is 0. The van der Waals surface area contributed by atoms with Crippen LogP contribution in [-0.4, -0.2) is 22.7 Å². The van der Waals surface area contributed by atoms with Crippen molar-refractivity contribution in [2.24, 2.45) is 0 Å². The summed E-state index contributed by atoms with van der Waals surface area (Å²) in [6.07, 6.45) is 0. The van der Waals surface area contributed by atoms with Crippen LogP contribution in [0.3, 0.4) is 0 Å². The minimum atomic E-state index is -0.414. The lowest BCUT2D eigenvalue weighted by Gasteiger charge is -2.31. The van der Waals surface area contributed by atoms with Gasteiger partial charge in [-0.1, -0.05) is 18.2 Å². The first kappa shape index (κ1) is 17.3. The van der Waals surface area contributed by atoms with Gasteiger partial charge in [-0.05, 0) is 36.4 Å². The summed E-state index contributed by atoms with van der Waals surface area (Å²) in [6, 6.07) is 19.4. The van der Waals surface area contributed by atoms with Crippen molar-refractivity contribution in [2.75, 3.05) is 23.8 Å². The third-order valence-corrected chi connectivity index (χ3v) is 5.74. The van der Waals surface area contributed by atoms with Gasteiger partial charge in [-0.25, -0.2) is 4.98 Å². The number of para-hydroxylation sites is 1. The number of fused-ring (bicyclic) bond motifs is 2. The van der Waals surface area contributed by atoms with E-state index in [0.717, 1.165) is 17.1 Å². The summed E-state index contributed by atoms with van der Waals surface area (Å²) in [5.74, 6) is 0.649. The van der Waals surface area contributed by atoms with Crippen LogP contribution in [0.4, 0.5) is 17.2 Å². The zero-order valence-electron chi connectivity index (χ0n) is 15.2. The highest BCUT2D eigenvalue weighted by Crippen LogP contribution is 2.38. The maximum atomic E-state index is 12.9. The summed E-state index contributed by atoms with van der Waals surface area (Å²) in [5.41, 5.74) is 8.58. The Morgan fingerprint density at radius 2 is 1.97 bits per heavy atom. The quantitative estimate of drug-likeness (QED) is 0.553. The summed E-state index contributed by atoms with van der Waals surface area (Å²) >= 11 is 1.21. The van der Waals surface area contributed by atoms with Gasteiger partial charge in [-0.15, -0.1) is 11.3 Å². The van der Waals surface area contributed by atoms with Crippen LogP contribution >= 0.6 is 11.3 Å². The number of hydrogen-bond acceptors (Lipinski definition) is 7. The molecular weight excluding hydrogens is 386 g/mol. The topological polar surface area (TPSA) is 97.2 Å². The molecule has 0 atom stereocenters. The fraction of sp³-hybridized carbons (Fsp3) is 0.0952. The third kappa shape index (κ3) is 2.80. The number of rotatable bonds is 2. The molecule has 0 amide bonds. The molecule has 2 aromatic carbocycles. The Bertz CT molecular complexity index is 1340. The van der Waals surface area contributed by atoms with Crippen molar-refractivity contribution in [1.82, 2.24) is 9.55 Å². The van der Waals surface area contributed by atoms with E-state index in [4.69, 9.17) is 10.5 Å². The zero-order chi connectivity index (χ0) is 20.0. The molecule has 29 heavy (non-hydrogen) atoms. The second kappa shape index (κ2) is 6.65. The lowest BCUT2D eigenvalue weighted by molar-refractivity contribution is 0.314. The number of ether oxygens (including phenoxy) is 1. The molecule has 0 unspecified atom stereocenters. The molecule has 5 rings (SSSR count). The number of hydrogen-bond donors (Lipinski definition) is 1. The highest BCUT2D eigenvalue weighted by atomic mass is 32.1. The van der Waals surface area contributed by atoms with Gasteiger partial charge in [0.1, 0.15) is 28.1 Å². The molecule has 1 aliphatic heterocycles. The van der Waals surface area contributed by atoms with E-state index in [1.165, 1.54) is 15.9 Å². The summed E-state index contributed by atoms with van der Waals surface area (Å²) in [6.45, 7) is 1.27. The Morgan fingerprint density at radius 3 is 2.76 bits per heavy atom. The van der Waals surface area contributed by atoms with Crippen LogP contribution in [-0.2, 0) is 0 Å². The van der Waals surface area contributed by atoms with Gasteiger partial charge in [0.15, 0.2) is 5.82 Å². The first-order chi connectivity index (χ1) is 14.2. The maximum absolute atomic E-state index is 12.9. The maximum Gasteiger partial charge on any atom is 0.298 e. The van der Waals surface area contributed by atoms with Gasteiger partial charge in [-0.2, -0.15) is 5.26 Å². The number of nitrogens with two attached hydrogens (primary N) is 1. The van der Waals surface area contributed by atoms with Gasteiger partial charge in [0.25, 0.3) is 5.56 Å². The number of nitrogens with zero attached hydrogens (tertiary/aromatic N) is 4. The average molecular weight is 401 g/mol. The lowest BCUT2D eigenvalue weighted by Crippen LogP contribution is -2.29. The van der Waals surface area contributed by atoms with Crippen molar-refractivity contribution in [1.29, 1.82) is 5.26 Å². The molecule has 8 heteroatoms. The van der Waals surface area contributed by atoms with Gasteiger partial charge in [0.05, 0.1) is 23.4 Å². The van der Waals surface area contributed by atoms with Crippen molar-refractivity contribution < 1.29 is 4.74 Å². The number of nitrogen functional groups attached to an aromatic ring is 1. The van der Waals surface area contributed by atoms with Crippen molar-refractivity contribution >= 4 is 38.9 Å². The van der Waals surface area contributed by atoms with E-state index in [1.807, 2.05) is 48.5 Å². The van der Waals surface area contributed by atoms with E-state index >= 15 is 0 Å². The number of nitriles is 1. The second-order valence-corrected chi connectivity index (χ2v) is 7.57. The van der Waals surface area contributed by atoms with Crippen LogP contribution < -0.4 is 20.9 Å². The van der Waals surface area contributed by atoms with E-state index in [9.17, 15) is 10.1 Å². The zero-order valence-corrected chi connectivity index (χ0v) is 16.0. The van der Waals surface area contributed by atoms with Crippen LogP contribution in [0.5, 0.6) is 5.75 Å². The Hall–Kier alpha value is -3.83. The van der Waals surface area contributed by atoms with Crippen LogP contribution in [0.15, 0.2) is 59.4 Å². The van der Waals surface area contributed by atoms with Crippen molar-refractivity contribution in [3.8, 4) is 17.5 Å². The van der Waals surface area contributed by atoms with E-state index in [1.54, 1.807) is 6.07 Å². The summed E-state index contributed by atoms with van der Waals surface area (Å²) in [5, 5.41) is 9.25. The van der Waals surface area contributed by atoms with Crippen molar-refractivity contribution in [3.05, 3.63) is 69.8 Å². The first-order valence-corrected chi connectivity index (χ1v) is 9.79. The fourth-order valence-electron chi connectivity index (χ4n) is 3.53. The van der Waals surface area contributed by atoms with E-state index in [-0.39, 0.29) is 5.82 Å². The molecule has 2 N–H and O–H groups in total. The smallest absolute Gasteiger partial charge is 0.298 e. The van der Waals surface area contributed by atoms with Gasteiger partial charge < -0.3 is 15.4 Å². The molecule has 3 heterocycles. The standard InChI is InChI=1S/C21H15N5O2S/c22-12-15-11-17-20(29-15)24-19(23)21(27)26(17)14-6-7-18-16(10-14)25(8-9-28-18)13-4-2-1-3-5-13/h1-7,10-11H,8-9H2,(H2,23,24). The van der Waals surface area contributed by atoms with Crippen molar-refractivity contribution in [3.63, 3.8) is 0 Å². The molecule has 0 saturated carbocycles. The highest BCUT2D eigenvalue weighted by molar-refractivity contribution is 7.19. The predicted octanol–water partition coefficient (Wildman–Crippen LogP) is 3.43. The minimum absolute atomic E-state index is 0.0993. The first-order valence-electron chi connectivity index (χ1n) is 8.97. The number of aromatic nitrogens is 2. The molecular formula is C21H15N5O2S. The average Bonchev–Trinajstić information content (AvgIpc) is 3.17. The highest BCUT2D eigenvalue weighted by Gasteiger charge is 2.22. The molecule has 2 aromatic heterocycles. The Balaban J connectivity index is 1.73. The number of anilines is 3. The van der Waals surface area contributed by atoms with Gasteiger partial charge >= 0.3 is 0 Å². The molecule has 0 spiro atoms. The Kier molecular flexibility index (Phi) is 3.96. The summed E-state index contributed by atoms with van der Waals surface area (Å²) < 4.78 is 7.33. The third-order valence-electron chi connectivity index (χ3n) is 4.82. The molecule has 0 radical (unpaired) electrons. The Morgan fingerprint density at radius 1 is 1.14 bits per heavy atom. The van der Waals surface area contributed by atoms with Crippen LogP contribution in [0.2, 0.25) is 0 Å². The minimum Gasteiger partial charge on any atom is -0.490 e. The molecule has 7 nitrogen and oxygen atoms in total. The number of benzene rings is 2. The molecule has 0 aliphatic carbocycles. The van der Waals surface area contributed by atoms with Crippen LogP contribution in [0.1, 0.15) is 4.88 Å². The summed E-state index contributed by atoms with van der Waals surface area (Å²) in [4.78, 5) is 20.2. The fourth-order valence-corrected chi connectivity index (χ4v) is 4.35. The van der Waals surface area contributed by atoms with Crippen molar-refractivity contribution in [2.45, 2.75) is 0 Å². The molecule has 0 bridgehead atoms. The molecule has 4 aromatic rings. The molecule has 1 aliphatic rings. The normalized spacial score (nSPS) is 13.0. The second-order valence-electron chi connectivity index (χ2n) is 6.54. The monoisotopic (exact) mass is 401 g/mol. The van der Waals surface area contributed by atoms with E-state index in [0.29, 0.717) is 34.1 Å². The van der Waals surface area contributed by atoms with Gasteiger partial charge in [0.2, 0.25) is 0 Å². The molecule has 142 valence electrons. The van der Waals surface area contributed by atoms with Gasteiger partial charge in [-0.3, -0.25) is 9.36 Å². The SMILES string of the molecule is N#Cc1cc2c(nc(N)c(=O)n2-c2ccc3c(c2)N(c2ccccc2)CCO3)s1. The predicted molar refractivity (Wildman–Crippen MR) is 113 cm³/mol. The lowest BCUT2D eigenvalue weighted by atomic mass is 10.1. The largest absolute Gasteiger partial charge is 0.490 e. The van der Waals surface area contributed by atoms with Crippen LogP contribution in [0.25, 0.3) is 16.0 Å². The molecule has 0 fully saturated rings. The van der Waals surface area contributed by atoms with Gasteiger partial charge in [0, 0.05) is 5.69 Å². The van der Waals surface area contributed by atoms with E-state index < -0.39 is 5.56 Å². The Labute approximate surface area is 169 Å². The van der Waals surface area contributed by atoms with Crippen LogP contribution in [0, 0.1) is 11.3 Å². The molecule has 0 saturated heterocycles. The number of thiophene rings is 1. The van der Waals surface area contributed by atoms with E-state index in [2.05, 4.69) is 16.0 Å².